The SMILES string of the molecule is CCCCCCCOC(=O)c1ccc(C(=O)OC(C)C)cc1. The molecule has 22 heavy (non-hydrogen) atoms. The lowest BCUT2D eigenvalue weighted by molar-refractivity contribution is 0.0376. The van der Waals surface area contributed by atoms with E-state index in [2.05, 4.69) is 6.92 Å². The smallest absolute Gasteiger partial charge is 0.338 e. The number of hydrogen-bond acceptors (Lipinski definition) is 4. The fraction of sp³-hybridized carbons (Fsp3) is 0.556. The van der Waals surface area contributed by atoms with Crippen molar-refractivity contribution < 1.29 is 19.1 Å². The molecule has 122 valence electrons. The predicted molar refractivity (Wildman–Crippen MR) is 86.0 cm³/mol. The van der Waals surface area contributed by atoms with Crippen molar-refractivity contribution in [1.29, 1.82) is 0 Å². The predicted octanol–water partition coefficient (Wildman–Crippen LogP) is 4.38. The average Bonchev–Trinajstić information content (AvgIpc) is 2.50. The van der Waals surface area contributed by atoms with E-state index in [1.165, 1.54) is 19.3 Å². The fourth-order valence-corrected chi connectivity index (χ4v) is 1.98. The van der Waals surface area contributed by atoms with Crippen molar-refractivity contribution in [3.8, 4) is 0 Å². The van der Waals surface area contributed by atoms with Gasteiger partial charge >= 0.3 is 11.9 Å². The summed E-state index contributed by atoms with van der Waals surface area (Å²) in [5.41, 5.74) is 0.888. The molecule has 0 aromatic heterocycles. The summed E-state index contributed by atoms with van der Waals surface area (Å²) in [5, 5.41) is 0. The Morgan fingerprint density at radius 2 is 1.45 bits per heavy atom. The molecule has 0 aliphatic rings. The number of ether oxygens (including phenoxy) is 2. The molecular formula is C18H26O4. The van der Waals surface area contributed by atoms with Gasteiger partial charge in [0.25, 0.3) is 0 Å². The largest absolute Gasteiger partial charge is 0.462 e. The standard InChI is InChI=1S/C18H26O4/c1-4-5-6-7-8-13-21-17(19)15-9-11-16(12-10-15)18(20)22-14(2)3/h9-12,14H,4-8,13H2,1-3H3. The minimum absolute atomic E-state index is 0.162. The Kier molecular flexibility index (Phi) is 8.26. The van der Waals surface area contributed by atoms with Gasteiger partial charge in [-0.05, 0) is 44.5 Å². The first-order chi connectivity index (χ1) is 10.5. The van der Waals surface area contributed by atoms with Crippen LogP contribution in [0.1, 0.15) is 73.6 Å². The number of benzene rings is 1. The zero-order chi connectivity index (χ0) is 16.4. The summed E-state index contributed by atoms with van der Waals surface area (Å²) in [7, 11) is 0. The molecule has 1 rings (SSSR count). The lowest BCUT2D eigenvalue weighted by atomic mass is 10.1. The highest BCUT2D eigenvalue weighted by Gasteiger charge is 2.11. The Bertz CT molecular complexity index is 462. The second kappa shape index (κ2) is 9.98. The van der Waals surface area contributed by atoms with Crippen molar-refractivity contribution >= 4 is 11.9 Å². The molecule has 0 N–H and O–H groups in total. The molecule has 0 aliphatic heterocycles. The molecule has 0 heterocycles. The first-order valence-electron chi connectivity index (χ1n) is 8.02. The molecule has 4 heteroatoms. The van der Waals surface area contributed by atoms with Gasteiger partial charge in [-0.3, -0.25) is 0 Å². The van der Waals surface area contributed by atoms with Gasteiger partial charge < -0.3 is 9.47 Å². The summed E-state index contributed by atoms with van der Waals surface area (Å²) in [6.45, 7) is 6.20. The normalized spacial score (nSPS) is 10.5. The summed E-state index contributed by atoms with van der Waals surface area (Å²) < 4.78 is 10.3. The van der Waals surface area contributed by atoms with Gasteiger partial charge in [-0.2, -0.15) is 0 Å². The molecule has 0 aliphatic carbocycles. The number of rotatable bonds is 9. The molecule has 0 saturated heterocycles. The average molecular weight is 306 g/mol. The van der Waals surface area contributed by atoms with Gasteiger partial charge in [-0.25, -0.2) is 9.59 Å². The molecule has 0 radical (unpaired) electrons. The highest BCUT2D eigenvalue weighted by atomic mass is 16.5. The van der Waals surface area contributed by atoms with Crippen molar-refractivity contribution in [2.24, 2.45) is 0 Å². The van der Waals surface area contributed by atoms with E-state index in [-0.39, 0.29) is 18.0 Å². The van der Waals surface area contributed by atoms with Gasteiger partial charge in [0, 0.05) is 0 Å². The molecule has 0 fully saturated rings. The summed E-state index contributed by atoms with van der Waals surface area (Å²) >= 11 is 0. The Balaban J connectivity index is 2.39. The number of carbonyl (C=O) groups excluding carboxylic acids is 2. The number of esters is 2. The maximum absolute atomic E-state index is 11.9. The van der Waals surface area contributed by atoms with Crippen LogP contribution in [0.4, 0.5) is 0 Å². The van der Waals surface area contributed by atoms with E-state index in [0.717, 1.165) is 12.8 Å². The van der Waals surface area contributed by atoms with E-state index < -0.39 is 0 Å². The third kappa shape index (κ3) is 6.74. The van der Waals surface area contributed by atoms with Crippen LogP contribution in [0.15, 0.2) is 24.3 Å². The summed E-state index contributed by atoms with van der Waals surface area (Å²) in [4.78, 5) is 23.5. The van der Waals surface area contributed by atoms with Crippen LogP contribution in [0.25, 0.3) is 0 Å². The van der Waals surface area contributed by atoms with Crippen LogP contribution in [-0.4, -0.2) is 24.6 Å². The third-order valence-electron chi connectivity index (χ3n) is 3.18. The van der Waals surface area contributed by atoms with Crippen molar-refractivity contribution in [3.05, 3.63) is 35.4 Å². The molecule has 1 aromatic rings. The van der Waals surface area contributed by atoms with Crippen LogP contribution in [0, 0.1) is 0 Å². The van der Waals surface area contributed by atoms with Crippen molar-refractivity contribution in [2.75, 3.05) is 6.61 Å². The number of unbranched alkanes of at least 4 members (excludes halogenated alkanes) is 4. The summed E-state index contributed by atoms with van der Waals surface area (Å²) in [6, 6.07) is 6.36. The van der Waals surface area contributed by atoms with Gasteiger partial charge in [-0.15, -0.1) is 0 Å². The summed E-state index contributed by atoms with van der Waals surface area (Å²) in [6.07, 6.45) is 5.42. The Morgan fingerprint density at radius 1 is 0.909 bits per heavy atom. The summed E-state index contributed by atoms with van der Waals surface area (Å²) in [5.74, 6) is -0.731. The van der Waals surface area contributed by atoms with Crippen LogP contribution in [0.2, 0.25) is 0 Å². The third-order valence-corrected chi connectivity index (χ3v) is 3.18. The molecule has 0 amide bonds. The van der Waals surface area contributed by atoms with Gasteiger partial charge in [0.15, 0.2) is 0 Å². The van der Waals surface area contributed by atoms with E-state index in [0.29, 0.717) is 17.7 Å². The minimum Gasteiger partial charge on any atom is -0.462 e. The molecule has 4 nitrogen and oxygen atoms in total. The lowest BCUT2D eigenvalue weighted by Gasteiger charge is -2.08. The Labute approximate surface area is 132 Å². The molecule has 1 aromatic carbocycles. The maximum Gasteiger partial charge on any atom is 0.338 e. The van der Waals surface area contributed by atoms with Crippen LogP contribution in [-0.2, 0) is 9.47 Å². The zero-order valence-corrected chi connectivity index (χ0v) is 13.8. The maximum atomic E-state index is 11.9. The molecule has 0 bridgehead atoms. The van der Waals surface area contributed by atoms with Gasteiger partial charge in [0.05, 0.1) is 23.8 Å². The number of hydrogen-bond donors (Lipinski definition) is 0. The number of carbonyl (C=O) groups is 2. The van der Waals surface area contributed by atoms with Crippen LogP contribution >= 0.6 is 0 Å². The van der Waals surface area contributed by atoms with Crippen LogP contribution in [0.3, 0.4) is 0 Å². The van der Waals surface area contributed by atoms with Crippen LogP contribution < -0.4 is 0 Å². The van der Waals surface area contributed by atoms with E-state index in [4.69, 9.17) is 9.47 Å². The Morgan fingerprint density at radius 3 is 2.00 bits per heavy atom. The van der Waals surface area contributed by atoms with E-state index in [9.17, 15) is 9.59 Å². The van der Waals surface area contributed by atoms with E-state index in [1.54, 1.807) is 38.1 Å². The molecule has 0 spiro atoms. The zero-order valence-electron chi connectivity index (χ0n) is 13.8. The van der Waals surface area contributed by atoms with Crippen LogP contribution in [0.5, 0.6) is 0 Å². The molecular weight excluding hydrogens is 280 g/mol. The monoisotopic (exact) mass is 306 g/mol. The first kappa shape index (κ1) is 18.2. The molecule has 0 saturated carbocycles. The van der Waals surface area contributed by atoms with Crippen molar-refractivity contribution in [2.45, 2.75) is 59.0 Å². The highest BCUT2D eigenvalue weighted by molar-refractivity contribution is 5.93. The fourth-order valence-electron chi connectivity index (χ4n) is 1.98. The van der Waals surface area contributed by atoms with Gasteiger partial charge in [0.1, 0.15) is 0 Å². The molecule has 0 atom stereocenters. The van der Waals surface area contributed by atoms with Gasteiger partial charge in [-0.1, -0.05) is 32.6 Å². The van der Waals surface area contributed by atoms with Crippen molar-refractivity contribution in [3.63, 3.8) is 0 Å². The van der Waals surface area contributed by atoms with Crippen molar-refractivity contribution in [1.82, 2.24) is 0 Å². The van der Waals surface area contributed by atoms with E-state index >= 15 is 0 Å². The van der Waals surface area contributed by atoms with E-state index in [1.807, 2.05) is 0 Å². The highest BCUT2D eigenvalue weighted by Crippen LogP contribution is 2.09. The second-order valence-electron chi connectivity index (χ2n) is 5.58. The topological polar surface area (TPSA) is 52.6 Å². The second-order valence-corrected chi connectivity index (χ2v) is 5.58. The molecule has 0 unspecified atom stereocenters. The Hall–Kier alpha value is -1.84. The van der Waals surface area contributed by atoms with Gasteiger partial charge in [0.2, 0.25) is 0 Å². The quantitative estimate of drug-likeness (QED) is 0.502. The minimum atomic E-state index is -0.383. The first-order valence-corrected chi connectivity index (χ1v) is 8.02. The lowest BCUT2D eigenvalue weighted by Crippen LogP contribution is -2.12.